The molecule has 0 fully saturated rings. The number of rotatable bonds is 10. The zero-order chi connectivity index (χ0) is 37.4. The Labute approximate surface area is 301 Å². The van der Waals surface area contributed by atoms with E-state index in [4.69, 9.17) is 4.74 Å². The molecule has 6 aromatic heterocycles. The Kier molecular flexibility index (Phi) is 8.85. The zero-order valence-corrected chi connectivity index (χ0v) is 29.0. The second-order valence-corrected chi connectivity index (χ2v) is 12.3. The lowest BCUT2D eigenvalue weighted by Crippen LogP contribution is -2.29. The van der Waals surface area contributed by atoms with Crippen LogP contribution in [0, 0.1) is 0 Å². The summed E-state index contributed by atoms with van der Waals surface area (Å²) in [7, 11) is 6.58. The highest BCUT2D eigenvalue weighted by Crippen LogP contribution is 2.32. The smallest absolute Gasteiger partial charge is 0.276 e. The van der Waals surface area contributed by atoms with E-state index in [0.29, 0.717) is 28.3 Å². The van der Waals surface area contributed by atoms with Crippen molar-refractivity contribution in [3.05, 3.63) is 115 Å². The number of aromatic hydroxyl groups is 1. The largest absolute Gasteiger partial charge is 0.504 e. The second-order valence-electron chi connectivity index (χ2n) is 12.3. The number of carbonyl (C=O) groups excluding carboxylic acids is 4. The number of hydrogen-bond donors (Lipinski definition) is 5. The first kappa shape index (κ1) is 34.1. The molecule has 7 rings (SSSR count). The Balaban J connectivity index is 0.986. The van der Waals surface area contributed by atoms with Gasteiger partial charge in [-0.3, -0.25) is 29.1 Å². The first-order valence-electron chi connectivity index (χ1n) is 16.3. The summed E-state index contributed by atoms with van der Waals surface area (Å²) in [5, 5.41) is 23.4. The Morgan fingerprint density at radius 2 is 1.32 bits per heavy atom. The molecule has 268 valence electrons. The van der Waals surface area contributed by atoms with Gasteiger partial charge in [0, 0.05) is 76.1 Å². The number of hydrogen-bond acceptors (Lipinski definition) is 8. The number of aryl methyl sites for hydroxylation is 4. The van der Waals surface area contributed by atoms with E-state index in [-0.39, 0.29) is 35.4 Å². The second kappa shape index (κ2) is 13.7. The van der Waals surface area contributed by atoms with Crippen molar-refractivity contribution in [2.45, 2.75) is 0 Å². The molecule has 0 spiro atoms. The third kappa shape index (κ3) is 6.63. The molecule has 0 aliphatic heterocycles. The molecule has 0 saturated heterocycles. The highest BCUT2D eigenvalue weighted by molar-refractivity contribution is 6.11. The van der Waals surface area contributed by atoms with Gasteiger partial charge in [-0.05, 0) is 48.5 Å². The Hall–Kier alpha value is -7.36. The lowest BCUT2D eigenvalue weighted by molar-refractivity contribution is 0.0909. The summed E-state index contributed by atoms with van der Waals surface area (Å²) in [4.78, 5) is 61.2. The monoisotopic (exact) mass is 714 g/mol. The molecule has 0 bridgehead atoms. The van der Waals surface area contributed by atoms with Crippen LogP contribution < -0.4 is 26.0 Å². The summed E-state index contributed by atoms with van der Waals surface area (Å²) in [6.07, 6.45) is 9.67. The quantitative estimate of drug-likeness (QED) is 0.102. The predicted molar refractivity (Wildman–Crippen MR) is 197 cm³/mol. The molecular formula is C37H34N10O6. The Bertz CT molecular complexity index is 2580. The molecule has 0 aliphatic carbocycles. The fourth-order valence-corrected chi connectivity index (χ4v) is 6.09. The fourth-order valence-electron chi connectivity index (χ4n) is 6.09. The van der Waals surface area contributed by atoms with Gasteiger partial charge in [0.15, 0.2) is 18.2 Å². The van der Waals surface area contributed by atoms with Gasteiger partial charge in [0.25, 0.3) is 23.6 Å². The standard InChI is InChI=1S/C37H34N10O6/c1-44-13-7-10-26(44)35(50)41-22-16-28(46(3)17-22)36(51)43-25-19-47(4)32(33(25)48)37(52)42-23-15-27(45(2)18-23)34(49)40-20-53-29-14-21-8-5-11-38-30(21)31-24(29)9-6-12-39-31/h5-19,48H,20H2,1-4H3,(H,40,49)(H,41,50)(H,42,52)(H,43,51). The molecule has 0 radical (unpaired) electrons. The number of nitrogens with one attached hydrogen (secondary N) is 4. The minimum Gasteiger partial charge on any atom is -0.504 e. The van der Waals surface area contributed by atoms with E-state index in [1.165, 1.54) is 27.5 Å². The van der Waals surface area contributed by atoms with Crippen molar-refractivity contribution in [1.29, 1.82) is 0 Å². The Morgan fingerprint density at radius 1 is 0.679 bits per heavy atom. The van der Waals surface area contributed by atoms with Gasteiger partial charge in [0.1, 0.15) is 34.0 Å². The van der Waals surface area contributed by atoms with Crippen molar-refractivity contribution in [2.24, 2.45) is 28.2 Å². The molecule has 0 saturated carbocycles. The minimum absolute atomic E-state index is 0.00221. The number of aromatic nitrogens is 6. The van der Waals surface area contributed by atoms with Crippen LogP contribution in [0.3, 0.4) is 0 Å². The first-order valence-corrected chi connectivity index (χ1v) is 16.3. The van der Waals surface area contributed by atoms with Gasteiger partial charge in [0.05, 0.1) is 16.9 Å². The van der Waals surface area contributed by atoms with Crippen molar-refractivity contribution in [2.75, 3.05) is 22.7 Å². The molecular weight excluding hydrogens is 680 g/mol. The average Bonchev–Trinajstić information content (AvgIpc) is 3.90. The number of anilines is 3. The highest BCUT2D eigenvalue weighted by Gasteiger charge is 2.24. The van der Waals surface area contributed by atoms with E-state index in [1.807, 2.05) is 24.3 Å². The molecule has 6 heterocycles. The normalized spacial score (nSPS) is 11.1. The number of fused-ring (bicyclic) bond motifs is 3. The van der Waals surface area contributed by atoms with Crippen molar-refractivity contribution in [1.82, 2.24) is 33.6 Å². The lowest BCUT2D eigenvalue weighted by atomic mass is 10.1. The van der Waals surface area contributed by atoms with Crippen LogP contribution in [0.15, 0.2) is 91.8 Å². The van der Waals surface area contributed by atoms with Crippen molar-refractivity contribution in [3.63, 3.8) is 0 Å². The number of pyridine rings is 2. The van der Waals surface area contributed by atoms with Crippen molar-refractivity contribution < 1.29 is 29.0 Å². The molecule has 0 aliphatic rings. The van der Waals surface area contributed by atoms with Crippen LogP contribution in [-0.4, -0.2) is 63.7 Å². The van der Waals surface area contributed by atoms with Gasteiger partial charge < -0.3 is 49.4 Å². The maximum absolute atomic E-state index is 13.3. The van der Waals surface area contributed by atoms with Crippen molar-refractivity contribution >= 4 is 62.5 Å². The van der Waals surface area contributed by atoms with Crippen LogP contribution in [0.2, 0.25) is 0 Å². The van der Waals surface area contributed by atoms with Gasteiger partial charge in [-0.25, -0.2) is 0 Å². The molecule has 53 heavy (non-hydrogen) atoms. The van der Waals surface area contributed by atoms with E-state index >= 15 is 0 Å². The maximum Gasteiger partial charge on any atom is 0.276 e. The molecule has 5 N–H and O–H groups in total. The molecule has 7 aromatic rings. The highest BCUT2D eigenvalue weighted by atomic mass is 16.5. The SMILES string of the molecule is Cn1cc(NC(=O)c2c(O)c(NC(=O)c3cc(NC(=O)c4cccn4C)cn3C)cn2C)cc1C(=O)NCOc1cc2cccnc2c2ncccc12. The molecule has 0 unspecified atom stereocenters. The average molecular weight is 715 g/mol. The van der Waals surface area contributed by atoms with Crippen LogP contribution in [-0.2, 0) is 28.2 Å². The van der Waals surface area contributed by atoms with Crippen molar-refractivity contribution in [3.8, 4) is 11.5 Å². The van der Waals surface area contributed by atoms with Crippen LogP contribution in [0.5, 0.6) is 11.5 Å². The van der Waals surface area contributed by atoms with Gasteiger partial charge in [-0.1, -0.05) is 6.07 Å². The summed E-state index contributed by atoms with van der Waals surface area (Å²) < 4.78 is 12.1. The van der Waals surface area contributed by atoms with E-state index in [2.05, 4.69) is 31.2 Å². The van der Waals surface area contributed by atoms with Gasteiger partial charge in [-0.2, -0.15) is 0 Å². The van der Waals surface area contributed by atoms with Crippen LogP contribution in [0.4, 0.5) is 17.1 Å². The van der Waals surface area contributed by atoms with Gasteiger partial charge in [-0.15, -0.1) is 0 Å². The molecule has 0 atom stereocenters. The van der Waals surface area contributed by atoms with Gasteiger partial charge in [0.2, 0.25) is 0 Å². The first-order chi connectivity index (χ1) is 25.5. The maximum atomic E-state index is 13.3. The Morgan fingerprint density at radius 3 is 2.02 bits per heavy atom. The fraction of sp³-hybridized carbons (Fsp3) is 0.135. The summed E-state index contributed by atoms with van der Waals surface area (Å²) in [6.45, 7) is -0.139. The van der Waals surface area contributed by atoms with Crippen LogP contribution in [0.1, 0.15) is 42.0 Å². The summed E-state index contributed by atoms with van der Waals surface area (Å²) in [5.74, 6) is -1.97. The number of nitrogens with zero attached hydrogens (tertiary/aromatic N) is 6. The van der Waals surface area contributed by atoms with E-state index < -0.39 is 23.5 Å². The van der Waals surface area contributed by atoms with E-state index in [1.54, 1.807) is 86.5 Å². The molecule has 16 heteroatoms. The molecule has 4 amide bonds. The summed E-state index contributed by atoms with van der Waals surface area (Å²) in [6, 6.07) is 15.7. The molecule has 1 aromatic carbocycles. The van der Waals surface area contributed by atoms with Crippen LogP contribution in [0.25, 0.3) is 21.8 Å². The third-order valence-corrected chi connectivity index (χ3v) is 8.67. The number of amides is 4. The minimum atomic E-state index is -0.679. The topological polar surface area (TPSA) is 191 Å². The zero-order valence-electron chi connectivity index (χ0n) is 29.0. The molecule has 16 nitrogen and oxygen atoms in total. The summed E-state index contributed by atoms with van der Waals surface area (Å²) >= 11 is 0. The van der Waals surface area contributed by atoms with E-state index in [0.717, 1.165) is 16.3 Å². The van der Waals surface area contributed by atoms with Crippen LogP contribution >= 0.6 is 0 Å². The third-order valence-electron chi connectivity index (χ3n) is 8.67. The summed E-state index contributed by atoms with van der Waals surface area (Å²) in [5.41, 5.74) is 2.88. The number of ether oxygens (including phenoxy) is 1. The van der Waals surface area contributed by atoms with E-state index in [9.17, 15) is 24.3 Å². The predicted octanol–water partition coefficient (Wildman–Crippen LogP) is 4.37. The van der Waals surface area contributed by atoms with Gasteiger partial charge >= 0.3 is 0 Å². The lowest BCUT2D eigenvalue weighted by Gasteiger charge is -2.12. The number of carbonyl (C=O) groups is 4. The number of benzene rings is 1.